The summed E-state index contributed by atoms with van der Waals surface area (Å²) in [6, 6.07) is 18.6. The van der Waals surface area contributed by atoms with Crippen LogP contribution in [0, 0.1) is 0 Å². The number of hydrogen-bond acceptors (Lipinski definition) is 4. The second-order valence-corrected chi connectivity index (χ2v) is 7.93. The highest BCUT2D eigenvalue weighted by Gasteiger charge is 2.04. The predicted molar refractivity (Wildman–Crippen MR) is 120 cm³/mol. The van der Waals surface area contributed by atoms with Crippen molar-refractivity contribution in [3.63, 3.8) is 0 Å². The summed E-state index contributed by atoms with van der Waals surface area (Å²) in [7, 11) is 0. The molecule has 4 heteroatoms. The topological polar surface area (TPSA) is 34.1 Å². The van der Waals surface area contributed by atoms with Crippen molar-refractivity contribution in [3.8, 4) is 5.75 Å². The molecule has 0 saturated carbocycles. The Hall–Kier alpha value is -2.33. The maximum atomic E-state index is 5.85. The van der Waals surface area contributed by atoms with Crippen LogP contribution in [0.1, 0.15) is 56.7 Å². The van der Waals surface area contributed by atoms with Gasteiger partial charge in [0.2, 0.25) is 0 Å². The van der Waals surface area contributed by atoms with E-state index in [-0.39, 0.29) is 0 Å². The lowest BCUT2D eigenvalue weighted by atomic mass is 10.1. The minimum absolute atomic E-state index is 0.800. The molecule has 0 bridgehead atoms. The first-order valence-electron chi connectivity index (χ1n) is 10.3. The van der Waals surface area contributed by atoms with Crippen LogP contribution in [0.15, 0.2) is 60.0 Å². The van der Waals surface area contributed by atoms with Crippen molar-refractivity contribution in [1.29, 1.82) is 0 Å². The van der Waals surface area contributed by atoms with Gasteiger partial charge in [0.15, 0.2) is 5.13 Å². The van der Waals surface area contributed by atoms with Crippen LogP contribution in [0.4, 0.5) is 10.8 Å². The van der Waals surface area contributed by atoms with E-state index in [1.54, 1.807) is 11.3 Å². The highest BCUT2D eigenvalue weighted by atomic mass is 32.1. The minimum Gasteiger partial charge on any atom is -0.494 e. The van der Waals surface area contributed by atoms with E-state index in [4.69, 9.17) is 9.72 Å². The highest BCUT2D eigenvalue weighted by Crippen LogP contribution is 2.24. The monoisotopic (exact) mass is 394 g/mol. The second kappa shape index (κ2) is 11.5. The fourth-order valence-corrected chi connectivity index (χ4v) is 3.81. The van der Waals surface area contributed by atoms with E-state index in [1.165, 1.54) is 37.7 Å². The summed E-state index contributed by atoms with van der Waals surface area (Å²) in [5.41, 5.74) is 3.41. The summed E-state index contributed by atoms with van der Waals surface area (Å²) in [5.74, 6) is 0.933. The number of thiazole rings is 1. The number of unbranched alkanes of at least 4 members (excludes halogenated alkanes) is 5. The molecule has 0 aliphatic heterocycles. The lowest BCUT2D eigenvalue weighted by Crippen LogP contribution is -1.97. The van der Waals surface area contributed by atoms with Gasteiger partial charge in [-0.15, -0.1) is 11.3 Å². The average molecular weight is 395 g/mol. The normalized spacial score (nSPS) is 10.8. The van der Waals surface area contributed by atoms with Crippen LogP contribution in [-0.4, -0.2) is 11.6 Å². The third-order valence-corrected chi connectivity index (χ3v) is 5.46. The zero-order chi connectivity index (χ0) is 19.4. The van der Waals surface area contributed by atoms with Crippen LogP contribution in [0.3, 0.4) is 0 Å². The fraction of sp³-hybridized carbons (Fsp3) is 0.375. The summed E-state index contributed by atoms with van der Waals surface area (Å²) < 4.78 is 5.85. The summed E-state index contributed by atoms with van der Waals surface area (Å²) in [5, 5.41) is 6.43. The zero-order valence-electron chi connectivity index (χ0n) is 16.7. The minimum atomic E-state index is 0.800. The summed E-state index contributed by atoms with van der Waals surface area (Å²) in [6.45, 7) is 3.05. The van der Waals surface area contributed by atoms with Crippen molar-refractivity contribution in [3.05, 3.63) is 71.2 Å². The molecule has 0 amide bonds. The summed E-state index contributed by atoms with van der Waals surface area (Å²) >= 11 is 1.64. The van der Waals surface area contributed by atoms with Crippen LogP contribution in [0.2, 0.25) is 0 Å². The van der Waals surface area contributed by atoms with Gasteiger partial charge in [0.1, 0.15) is 5.75 Å². The van der Waals surface area contributed by atoms with Gasteiger partial charge in [-0.1, -0.05) is 69.4 Å². The SMILES string of the molecule is CCCCCCCCOc1ccc(Nc2nc(Cc3ccccc3)cs2)cc1. The molecule has 3 nitrogen and oxygen atoms in total. The molecule has 148 valence electrons. The molecule has 0 fully saturated rings. The first-order valence-corrected chi connectivity index (χ1v) is 11.2. The van der Waals surface area contributed by atoms with E-state index >= 15 is 0 Å². The lowest BCUT2D eigenvalue weighted by molar-refractivity contribution is 0.304. The van der Waals surface area contributed by atoms with Gasteiger partial charge in [-0.3, -0.25) is 0 Å². The van der Waals surface area contributed by atoms with Gasteiger partial charge in [-0.25, -0.2) is 4.98 Å². The number of nitrogens with one attached hydrogen (secondary N) is 1. The second-order valence-electron chi connectivity index (χ2n) is 7.07. The maximum Gasteiger partial charge on any atom is 0.187 e. The third kappa shape index (κ3) is 7.01. The molecule has 1 aromatic heterocycles. The van der Waals surface area contributed by atoms with Gasteiger partial charge in [-0.05, 0) is 36.2 Å². The van der Waals surface area contributed by atoms with Gasteiger partial charge in [-0.2, -0.15) is 0 Å². The molecule has 0 aliphatic rings. The Morgan fingerprint density at radius 1 is 0.893 bits per heavy atom. The van der Waals surface area contributed by atoms with Crippen molar-refractivity contribution in [2.45, 2.75) is 51.9 Å². The molecule has 3 aromatic rings. The molecule has 0 unspecified atom stereocenters. The van der Waals surface area contributed by atoms with Gasteiger partial charge in [0.05, 0.1) is 12.3 Å². The van der Waals surface area contributed by atoms with E-state index in [2.05, 4.69) is 54.0 Å². The molecule has 2 aromatic carbocycles. The van der Waals surface area contributed by atoms with Crippen molar-refractivity contribution >= 4 is 22.2 Å². The number of aromatic nitrogens is 1. The Morgan fingerprint density at radius 2 is 1.64 bits per heavy atom. The summed E-state index contributed by atoms with van der Waals surface area (Å²) in [6.07, 6.45) is 8.57. The van der Waals surface area contributed by atoms with E-state index in [0.717, 1.165) is 41.7 Å². The molecular weight excluding hydrogens is 364 g/mol. The first-order chi connectivity index (χ1) is 13.8. The molecule has 0 saturated heterocycles. The highest BCUT2D eigenvalue weighted by molar-refractivity contribution is 7.13. The van der Waals surface area contributed by atoms with E-state index in [9.17, 15) is 0 Å². The molecule has 1 N–H and O–H groups in total. The third-order valence-electron chi connectivity index (χ3n) is 4.65. The van der Waals surface area contributed by atoms with Crippen LogP contribution < -0.4 is 10.1 Å². The molecule has 0 aliphatic carbocycles. The molecule has 0 spiro atoms. The molecule has 3 rings (SSSR count). The maximum absolute atomic E-state index is 5.85. The van der Waals surface area contributed by atoms with Gasteiger partial charge in [0, 0.05) is 17.5 Å². The molecule has 0 atom stereocenters. The van der Waals surface area contributed by atoms with Crippen LogP contribution in [-0.2, 0) is 6.42 Å². The van der Waals surface area contributed by atoms with Crippen LogP contribution >= 0.6 is 11.3 Å². The molecule has 1 heterocycles. The van der Waals surface area contributed by atoms with Crippen molar-refractivity contribution in [2.24, 2.45) is 0 Å². The predicted octanol–water partition coefficient (Wildman–Crippen LogP) is 7.22. The lowest BCUT2D eigenvalue weighted by Gasteiger charge is -2.08. The van der Waals surface area contributed by atoms with Crippen LogP contribution in [0.25, 0.3) is 0 Å². The average Bonchev–Trinajstić information content (AvgIpc) is 3.16. The van der Waals surface area contributed by atoms with Crippen LogP contribution in [0.5, 0.6) is 5.75 Å². The fourth-order valence-electron chi connectivity index (χ4n) is 3.08. The molecular formula is C24H30N2OS. The van der Waals surface area contributed by atoms with Gasteiger partial charge in [0.25, 0.3) is 0 Å². The van der Waals surface area contributed by atoms with Gasteiger partial charge >= 0.3 is 0 Å². The number of rotatable bonds is 12. The standard InChI is InChI=1S/C24H30N2OS/c1-2-3-4-5-6-10-17-27-23-15-13-21(14-16-23)25-24-26-22(19-28-24)18-20-11-8-7-9-12-20/h7-9,11-16,19H,2-6,10,17-18H2,1H3,(H,25,26). The van der Waals surface area contributed by atoms with Crippen molar-refractivity contribution < 1.29 is 4.74 Å². The summed E-state index contributed by atoms with van der Waals surface area (Å²) in [4.78, 5) is 4.69. The van der Waals surface area contributed by atoms with E-state index < -0.39 is 0 Å². The largest absolute Gasteiger partial charge is 0.494 e. The zero-order valence-corrected chi connectivity index (χ0v) is 17.5. The van der Waals surface area contributed by atoms with E-state index in [1.807, 2.05) is 18.2 Å². The smallest absolute Gasteiger partial charge is 0.187 e. The van der Waals surface area contributed by atoms with Gasteiger partial charge < -0.3 is 10.1 Å². The van der Waals surface area contributed by atoms with E-state index in [0.29, 0.717) is 0 Å². The Morgan fingerprint density at radius 3 is 2.43 bits per heavy atom. The number of nitrogens with zero attached hydrogens (tertiary/aromatic N) is 1. The Labute approximate surface area is 172 Å². The number of benzene rings is 2. The Bertz CT molecular complexity index is 799. The number of ether oxygens (including phenoxy) is 1. The molecule has 0 radical (unpaired) electrons. The van der Waals surface area contributed by atoms with Crippen molar-refractivity contribution in [1.82, 2.24) is 4.98 Å². The van der Waals surface area contributed by atoms with Crippen molar-refractivity contribution in [2.75, 3.05) is 11.9 Å². The Balaban J connectivity index is 1.41. The number of anilines is 2. The number of hydrogen-bond donors (Lipinski definition) is 1. The Kier molecular flexibility index (Phi) is 8.38. The first kappa shape index (κ1) is 20.4. The quantitative estimate of drug-likeness (QED) is 0.329. The molecule has 28 heavy (non-hydrogen) atoms.